The van der Waals surface area contributed by atoms with E-state index in [9.17, 15) is 4.79 Å². The van der Waals surface area contributed by atoms with Gasteiger partial charge in [0, 0.05) is 32.1 Å². The fourth-order valence-electron chi connectivity index (χ4n) is 2.71. The average Bonchev–Trinajstić information content (AvgIpc) is 2.89. The van der Waals surface area contributed by atoms with Gasteiger partial charge >= 0.3 is 0 Å². The second-order valence-corrected chi connectivity index (χ2v) is 6.32. The van der Waals surface area contributed by atoms with Crippen molar-refractivity contribution in [2.24, 2.45) is 0 Å². The molecule has 0 radical (unpaired) electrons. The van der Waals surface area contributed by atoms with Crippen LogP contribution in [0.5, 0.6) is 5.75 Å². The van der Waals surface area contributed by atoms with Crippen LogP contribution in [0.3, 0.4) is 0 Å². The molecule has 1 saturated heterocycles. The molecule has 1 aromatic heterocycles. The Morgan fingerprint density at radius 1 is 1.52 bits per heavy atom. The number of piperidine rings is 1. The lowest BCUT2D eigenvalue weighted by molar-refractivity contribution is -0.119. The van der Waals surface area contributed by atoms with Crippen molar-refractivity contribution in [3.05, 3.63) is 18.2 Å². The summed E-state index contributed by atoms with van der Waals surface area (Å²) >= 11 is 1.69. The molecule has 1 unspecified atom stereocenters. The van der Waals surface area contributed by atoms with E-state index >= 15 is 0 Å². The minimum absolute atomic E-state index is 0.0379. The SMILES string of the molecule is COc1ccc2sc(N3CCCC(NC(C)=O)C3)nc2c1. The molecule has 2 heterocycles. The zero-order chi connectivity index (χ0) is 14.8. The molecule has 3 rings (SSSR count). The van der Waals surface area contributed by atoms with E-state index in [0.717, 1.165) is 47.0 Å². The summed E-state index contributed by atoms with van der Waals surface area (Å²) in [6.07, 6.45) is 2.11. The molecule has 1 atom stereocenters. The van der Waals surface area contributed by atoms with Crippen molar-refractivity contribution >= 4 is 32.6 Å². The monoisotopic (exact) mass is 305 g/mol. The smallest absolute Gasteiger partial charge is 0.217 e. The topological polar surface area (TPSA) is 54.5 Å². The van der Waals surface area contributed by atoms with E-state index in [-0.39, 0.29) is 11.9 Å². The number of ether oxygens (including phenoxy) is 1. The van der Waals surface area contributed by atoms with Crippen molar-refractivity contribution in [3.8, 4) is 5.75 Å². The van der Waals surface area contributed by atoms with Crippen LogP contribution in [-0.2, 0) is 4.79 Å². The molecule has 1 aromatic carbocycles. The summed E-state index contributed by atoms with van der Waals surface area (Å²) in [4.78, 5) is 18.2. The molecule has 1 aliphatic heterocycles. The highest BCUT2D eigenvalue weighted by Gasteiger charge is 2.22. The van der Waals surface area contributed by atoms with Crippen molar-refractivity contribution in [1.82, 2.24) is 10.3 Å². The molecule has 0 spiro atoms. The molecule has 21 heavy (non-hydrogen) atoms. The van der Waals surface area contributed by atoms with E-state index in [4.69, 9.17) is 9.72 Å². The summed E-state index contributed by atoms with van der Waals surface area (Å²) in [6.45, 7) is 3.40. The van der Waals surface area contributed by atoms with E-state index in [2.05, 4.69) is 10.2 Å². The Hall–Kier alpha value is -1.82. The van der Waals surface area contributed by atoms with Gasteiger partial charge in [0.1, 0.15) is 5.75 Å². The predicted octanol–water partition coefficient (Wildman–Crippen LogP) is 2.41. The predicted molar refractivity (Wildman–Crippen MR) is 85.2 cm³/mol. The third-order valence-electron chi connectivity index (χ3n) is 3.68. The number of carbonyl (C=O) groups is 1. The number of fused-ring (bicyclic) bond motifs is 1. The molecule has 6 heteroatoms. The highest BCUT2D eigenvalue weighted by atomic mass is 32.1. The van der Waals surface area contributed by atoms with Gasteiger partial charge in [0.25, 0.3) is 0 Å². The minimum atomic E-state index is 0.0379. The number of thiazole rings is 1. The Balaban J connectivity index is 1.80. The Kier molecular flexibility index (Phi) is 3.96. The lowest BCUT2D eigenvalue weighted by Gasteiger charge is -2.32. The van der Waals surface area contributed by atoms with Crippen LogP contribution in [0.2, 0.25) is 0 Å². The summed E-state index contributed by atoms with van der Waals surface area (Å²) in [5.41, 5.74) is 0.969. The van der Waals surface area contributed by atoms with E-state index in [0.29, 0.717) is 0 Å². The first-order valence-corrected chi connectivity index (χ1v) is 7.94. The first-order chi connectivity index (χ1) is 10.2. The average molecular weight is 305 g/mol. The highest BCUT2D eigenvalue weighted by Crippen LogP contribution is 2.32. The Morgan fingerprint density at radius 3 is 3.14 bits per heavy atom. The van der Waals surface area contributed by atoms with Gasteiger partial charge in [-0.05, 0) is 25.0 Å². The van der Waals surface area contributed by atoms with Crippen molar-refractivity contribution in [1.29, 1.82) is 0 Å². The Morgan fingerprint density at radius 2 is 2.38 bits per heavy atom. The van der Waals surface area contributed by atoms with E-state index in [1.54, 1.807) is 25.4 Å². The first kappa shape index (κ1) is 14.1. The van der Waals surface area contributed by atoms with Gasteiger partial charge in [0.2, 0.25) is 5.91 Å². The molecular weight excluding hydrogens is 286 g/mol. The third kappa shape index (κ3) is 3.10. The standard InChI is InChI=1S/C15H19N3O2S/c1-10(19)16-11-4-3-7-18(9-11)15-17-13-8-12(20-2)5-6-14(13)21-15/h5-6,8,11H,3-4,7,9H2,1-2H3,(H,16,19). The number of benzene rings is 1. The van der Waals surface area contributed by atoms with Gasteiger partial charge in [-0.25, -0.2) is 4.98 Å². The van der Waals surface area contributed by atoms with Crippen LogP contribution < -0.4 is 15.0 Å². The number of anilines is 1. The van der Waals surface area contributed by atoms with Gasteiger partial charge in [-0.1, -0.05) is 11.3 Å². The van der Waals surface area contributed by atoms with Crippen LogP contribution in [0.4, 0.5) is 5.13 Å². The summed E-state index contributed by atoms with van der Waals surface area (Å²) in [5, 5.41) is 4.03. The van der Waals surface area contributed by atoms with E-state index in [1.165, 1.54) is 0 Å². The van der Waals surface area contributed by atoms with Gasteiger partial charge in [-0.2, -0.15) is 0 Å². The highest BCUT2D eigenvalue weighted by molar-refractivity contribution is 7.22. The number of rotatable bonds is 3. The number of nitrogens with one attached hydrogen (secondary N) is 1. The number of carbonyl (C=O) groups excluding carboxylic acids is 1. The van der Waals surface area contributed by atoms with E-state index in [1.807, 2.05) is 18.2 Å². The van der Waals surface area contributed by atoms with Gasteiger partial charge in [0.05, 0.1) is 17.3 Å². The number of amides is 1. The molecule has 0 saturated carbocycles. The minimum Gasteiger partial charge on any atom is -0.497 e. The maximum absolute atomic E-state index is 11.2. The largest absolute Gasteiger partial charge is 0.497 e. The normalized spacial score (nSPS) is 18.8. The quantitative estimate of drug-likeness (QED) is 0.946. The van der Waals surface area contributed by atoms with Crippen LogP contribution in [0.1, 0.15) is 19.8 Å². The Bertz CT molecular complexity index is 655. The summed E-state index contributed by atoms with van der Waals surface area (Å²) < 4.78 is 6.40. The van der Waals surface area contributed by atoms with Crippen LogP contribution in [0.15, 0.2) is 18.2 Å². The van der Waals surface area contributed by atoms with Gasteiger partial charge in [0.15, 0.2) is 5.13 Å². The molecule has 1 N–H and O–H groups in total. The molecule has 0 aliphatic carbocycles. The maximum Gasteiger partial charge on any atom is 0.217 e. The molecule has 2 aromatic rings. The van der Waals surface area contributed by atoms with Crippen LogP contribution in [-0.4, -0.2) is 37.1 Å². The van der Waals surface area contributed by atoms with Gasteiger partial charge in [-0.3, -0.25) is 4.79 Å². The summed E-state index contributed by atoms with van der Waals surface area (Å²) in [5.74, 6) is 0.866. The van der Waals surface area contributed by atoms with E-state index < -0.39 is 0 Å². The number of methoxy groups -OCH3 is 1. The molecule has 1 amide bonds. The van der Waals surface area contributed by atoms with Crippen molar-refractivity contribution in [2.45, 2.75) is 25.8 Å². The Labute approximate surface area is 127 Å². The molecule has 5 nitrogen and oxygen atoms in total. The number of aromatic nitrogens is 1. The van der Waals surface area contributed by atoms with Crippen molar-refractivity contribution in [3.63, 3.8) is 0 Å². The summed E-state index contributed by atoms with van der Waals surface area (Å²) in [7, 11) is 1.66. The molecule has 0 bridgehead atoms. The summed E-state index contributed by atoms with van der Waals surface area (Å²) in [6, 6.07) is 6.19. The zero-order valence-electron chi connectivity index (χ0n) is 12.3. The zero-order valence-corrected chi connectivity index (χ0v) is 13.1. The van der Waals surface area contributed by atoms with Gasteiger partial charge in [-0.15, -0.1) is 0 Å². The number of hydrogen-bond acceptors (Lipinski definition) is 5. The fourth-order valence-corrected chi connectivity index (χ4v) is 3.69. The molecular formula is C15H19N3O2S. The molecule has 1 fully saturated rings. The fraction of sp³-hybridized carbons (Fsp3) is 0.467. The third-order valence-corrected chi connectivity index (χ3v) is 4.78. The second-order valence-electron chi connectivity index (χ2n) is 5.32. The number of hydrogen-bond donors (Lipinski definition) is 1. The lowest BCUT2D eigenvalue weighted by Crippen LogP contribution is -2.47. The number of nitrogens with zero attached hydrogens (tertiary/aromatic N) is 2. The van der Waals surface area contributed by atoms with Crippen LogP contribution in [0.25, 0.3) is 10.2 Å². The molecule has 112 valence electrons. The first-order valence-electron chi connectivity index (χ1n) is 7.12. The maximum atomic E-state index is 11.2. The van der Waals surface area contributed by atoms with Crippen molar-refractivity contribution < 1.29 is 9.53 Å². The van der Waals surface area contributed by atoms with Gasteiger partial charge < -0.3 is 15.0 Å². The second kappa shape index (κ2) is 5.89. The van der Waals surface area contributed by atoms with Crippen LogP contribution >= 0.6 is 11.3 Å². The van der Waals surface area contributed by atoms with Crippen LogP contribution in [0, 0.1) is 0 Å². The molecule has 1 aliphatic rings. The van der Waals surface area contributed by atoms with Crippen molar-refractivity contribution in [2.75, 3.05) is 25.1 Å². The lowest BCUT2D eigenvalue weighted by atomic mass is 10.1.